The monoisotopic (exact) mass is 422 g/mol. The highest BCUT2D eigenvalue weighted by atomic mass is 32.2. The third-order valence-corrected chi connectivity index (χ3v) is 6.72. The number of likely N-dealkylation sites (tertiary alicyclic amines) is 1. The molecule has 2 aromatic rings. The molecule has 3 heterocycles. The summed E-state index contributed by atoms with van der Waals surface area (Å²) in [5.74, 6) is 2.12. The van der Waals surface area contributed by atoms with Crippen molar-refractivity contribution < 1.29 is 24.1 Å². The molecule has 0 saturated carbocycles. The zero-order valence-electron chi connectivity index (χ0n) is 15.5. The topological polar surface area (TPSA) is 81.1 Å². The minimum atomic E-state index is -0.759. The highest BCUT2D eigenvalue weighted by Crippen LogP contribution is 2.40. The number of piperidine rings is 1. The quantitative estimate of drug-likeness (QED) is 0.741. The van der Waals surface area contributed by atoms with E-state index in [1.54, 1.807) is 16.2 Å². The van der Waals surface area contributed by atoms with Crippen LogP contribution in [0.2, 0.25) is 0 Å². The Hall–Kier alpha value is -1.97. The van der Waals surface area contributed by atoms with E-state index in [-0.39, 0.29) is 12.5 Å². The van der Waals surface area contributed by atoms with E-state index in [0.29, 0.717) is 49.2 Å². The standard InChI is InChI=1S/C19H22N2O5S2/c1-12-10-27-19(20-12)28-11-17(23)21-6-5-14(13(22)9-21)26-16-4-2-3-15-18(16)25-8-7-24-15/h2-4,10,13-14,22H,5-9,11H2,1H3/t13-,14-/m1/s1. The molecule has 0 spiro atoms. The van der Waals surface area contributed by atoms with E-state index in [2.05, 4.69) is 4.98 Å². The van der Waals surface area contributed by atoms with Crippen LogP contribution in [0, 0.1) is 6.92 Å². The van der Waals surface area contributed by atoms with Gasteiger partial charge in [-0.3, -0.25) is 4.79 Å². The van der Waals surface area contributed by atoms with E-state index in [1.807, 2.05) is 30.5 Å². The number of ether oxygens (including phenoxy) is 3. The molecule has 0 aliphatic carbocycles. The number of rotatable bonds is 5. The van der Waals surface area contributed by atoms with Crippen LogP contribution in [0.3, 0.4) is 0 Å². The van der Waals surface area contributed by atoms with Crippen LogP contribution in [-0.2, 0) is 4.79 Å². The lowest BCUT2D eigenvalue weighted by atomic mass is 10.0. The average Bonchev–Trinajstić information content (AvgIpc) is 3.13. The Balaban J connectivity index is 1.32. The van der Waals surface area contributed by atoms with Crippen molar-refractivity contribution in [3.63, 3.8) is 0 Å². The number of β-amino-alcohol motifs (C(OH)–C–C–N with tert-alkyl or cyclic N) is 1. The normalized spacial score (nSPS) is 21.4. The molecule has 0 unspecified atom stereocenters. The third-order valence-electron chi connectivity index (χ3n) is 4.60. The lowest BCUT2D eigenvalue weighted by molar-refractivity contribution is -0.134. The van der Waals surface area contributed by atoms with Crippen LogP contribution in [0.15, 0.2) is 27.9 Å². The molecule has 0 radical (unpaired) electrons. The number of fused-ring (bicyclic) bond motifs is 1. The Labute approximate surface area is 171 Å². The number of aromatic nitrogens is 1. The maximum Gasteiger partial charge on any atom is 0.233 e. The molecule has 2 aliphatic rings. The third kappa shape index (κ3) is 4.37. The number of aryl methyl sites for hydroxylation is 1. The molecule has 1 aromatic carbocycles. The summed E-state index contributed by atoms with van der Waals surface area (Å²) in [5.41, 5.74) is 0.964. The van der Waals surface area contributed by atoms with E-state index < -0.39 is 12.2 Å². The van der Waals surface area contributed by atoms with Gasteiger partial charge in [-0.1, -0.05) is 17.8 Å². The van der Waals surface area contributed by atoms with Crippen LogP contribution >= 0.6 is 23.1 Å². The fourth-order valence-electron chi connectivity index (χ4n) is 3.19. The molecule has 1 amide bonds. The maximum atomic E-state index is 12.5. The van der Waals surface area contributed by atoms with Crippen molar-refractivity contribution in [1.29, 1.82) is 0 Å². The van der Waals surface area contributed by atoms with Crippen LogP contribution in [0.1, 0.15) is 12.1 Å². The minimum absolute atomic E-state index is 0.00387. The highest BCUT2D eigenvalue weighted by molar-refractivity contribution is 8.01. The van der Waals surface area contributed by atoms with Crippen LogP contribution in [0.25, 0.3) is 0 Å². The van der Waals surface area contributed by atoms with Crippen LogP contribution in [0.5, 0.6) is 17.2 Å². The molecule has 1 N–H and O–H groups in total. The van der Waals surface area contributed by atoms with Gasteiger partial charge in [-0.05, 0) is 19.1 Å². The Bertz CT molecular complexity index is 843. The minimum Gasteiger partial charge on any atom is -0.486 e. The van der Waals surface area contributed by atoms with Crippen molar-refractivity contribution in [3.8, 4) is 17.2 Å². The molecule has 9 heteroatoms. The van der Waals surface area contributed by atoms with E-state index >= 15 is 0 Å². The van der Waals surface area contributed by atoms with Gasteiger partial charge in [-0.15, -0.1) is 11.3 Å². The summed E-state index contributed by atoms with van der Waals surface area (Å²) < 4.78 is 18.1. The molecule has 4 rings (SSSR count). The van der Waals surface area contributed by atoms with Crippen LogP contribution < -0.4 is 14.2 Å². The highest BCUT2D eigenvalue weighted by Gasteiger charge is 2.32. The lowest BCUT2D eigenvalue weighted by Crippen LogP contribution is -2.51. The van der Waals surface area contributed by atoms with Gasteiger partial charge in [0.2, 0.25) is 11.7 Å². The molecular weight excluding hydrogens is 400 g/mol. The number of hydrogen-bond donors (Lipinski definition) is 1. The number of para-hydroxylation sites is 1. The molecule has 1 saturated heterocycles. The summed E-state index contributed by atoms with van der Waals surface area (Å²) in [6.07, 6.45) is -0.598. The number of benzene rings is 1. The van der Waals surface area contributed by atoms with E-state index in [0.717, 1.165) is 10.0 Å². The summed E-state index contributed by atoms with van der Waals surface area (Å²) in [6, 6.07) is 5.48. The Morgan fingerprint density at radius 2 is 2.29 bits per heavy atom. The number of nitrogens with zero attached hydrogens (tertiary/aromatic N) is 2. The van der Waals surface area contributed by atoms with Gasteiger partial charge >= 0.3 is 0 Å². The van der Waals surface area contributed by atoms with Crippen molar-refractivity contribution in [1.82, 2.24) is 9.88 Å². The van der Waals surface area contributed by atoms with Crippen LogP contribution in [0.4, 0.5) is 0 Å². The second-order valence-electron chi connectivity index (χ2n) is 6.68. The summed E-state index contributed by atoms with van der Waals surface area (Å²) in [5, 5.41) is 12.5. The van der Waals surface area contributed by atoms with Gasteiger partial charge in [0, 0.05) is 24.0 Å². The van der Waals surface area contributed by atoms with Gasteiger partial charge in [0.25, 0.3) is 0 Å². The van der Waals surface area contributed by atoms with Gasteiger partial charge in [-0.25, -0.2) is 4.98 Å². The largest absolute Gasteiger partial charge is 0.486 e. The van der Waals surface area contributed by atoms with Crippen molar-refractivity contribution >= 4 is 29.0 Å². The van der Waals surface area contributed by atoms with Crippen molar-refractivity contribution in [2.75, 3.05) is 32.1 Å². The van der Waals surface area contributed by atoms with Crippen molar-refractivity contribution in [2.24, 2.45) is 0 Å². The van der Waals surface area contributed by atoms with Gasteiger partial charge in [0.15, 0.2) is 15.8 Å². The zero-order chi connectivity index (χ0) is 19.5. The number of hydrogen-bond acceptors (Lipinski definition) is 8. The Kier molecular flexibility index (Phi) is 5.93. The lowest BCUT2D eigenvalue weighted by Gasteiger charge is -2.36. The maximum absolute atomic E-state index is 12.5. The summed E-state index contributed by atoms with van der Waals surface area (Å²) in [6.45, 7) is 3.72. The van der Waals surface area contributed by atoms with Gasteiger partial charge in [0.1, 0.15) is 25.4 Å². The number of thiazole rings is 1. The van der Waals surface area contributed by atoms with E-state index in [1.165, 1.54) is 11.8 Å². The summed E-state index contributed by atoms with van der Waals surface area (Å²) in [7, 11) is 0. The first-order chi connectivity index (χ1) is 13.6. The Morgan fingerprint density at radius 3 is 3.07 bits per heavy atom. The molecule has 2 aliphatic heterocycles. The van der Waals surface area contributed by atoms with E-state index in [9.17, 15) is 9.90 Å². The smallest absolute Gasteiger partial charge is 0.233 e. The molecule has 1 fully saturated rings. The predicted molar refractivity (Wildman–Crippen MR) is 107 cm³/mol. The summed E-state index contributed by atoms with van der Waals surface area (Å²) >= 11 is 2.98. The average molecular weight is 423 g/mol. The fourth-order valence-corrected chi connectivity index (χ4v) is 4.94. The summed E-state index contributed by atoms with van der Waals surface area (Å²) in [4.78, 5) is 18.5. The van der Waals surface area contributed by atoms with E-state index in [4.69, 9.17) is 14.2 Å². The molecule has 7 nitrogen and oxygen atoms in total. The SMILES string of the molecule is Cc1csc(SCC(=O)N2CC[C@@H](Oc3cccc4c3OCCO4)[C@H](O)C2)n1. The number of amides is 1. The molecule has 150 valence electrons. The second-order valence-corrected chi connectivity index (χ2v) is 8.76. The molecule has 1 aromatic heterocycles. The number of thioether (sulfide) groups is 1. The molecule has 0 bridgehead atoms. The Morgan fingerprint density at radius 1 is 1.43 bits per heavy atom. The second kappa shape index (κ2) is 8.59. The first-order valence-electron chi connectivity index (χ1n) is 9.16. The number of carbonyl (C=O) groups excluding carboxylic acids is 1. The first-order valence-corrected chi connectivity index (χ1v) is 11.0. The number of aliphatic hydroxyl groups excluding tert-OH is 1. The van der Waals surface area contributed by atoms with Gasteiger partial charge in [-0.2, -0.15) is 0 Å². The fraction of sp³-hybridized carbons (Fsp3) is 0.474. The first kappa shape index (κ1) is 19.4. The van der Waals surface area contributed by atoms with Crippen molar-refractivity contribution in [3.05, 3.63) is 29.3 Å². The molecule has 28 heavy (non-hydrogen) atoms. The zero-order valence-corrected chi connectivity index (χ0v) is 17.1. The molecule has 2 atom stereocenters. The molecular formula is C19H22N2O5S2. The predicted octanol–water partition coefficient (Wildman–Crippen LogP) is 2.36. The van der Waals surface area contributed by atoms with Crippen molar-refractivity contribution in [2.45, 2.75) is 29.9 Å². The number of carbonyl (C=O) groups is 1. The van der Waals surface area contributed by atoms with Gasteiger partial charge in [0.05, 0.1) is 12.3 Å². The van der Waals surface area contributed by atoms with Crippen LogP contribution in [-0.4, -0.2) is 65.2 Å². The van der Waals surface area contributed by atoms with Gasteiger partial charge < -0.3 is 24.2 Å². The number of aliphatic hydroxyl groups is 1.